The van der Waals surface area contributed by atoms with Gasteiger partial charge in [-0.2, -0.15) is 0 Å². The Morgan fingerprint density at radius 1 is 1.13 bits per heavy atom. The van der Waals surface area contributed by atoms with Gasteiger partial charge in [0, 0.05) is 28.4 Å². The van der Waals surface area contributed by atoms with Gasteiger partial charge in [0.05, 0.1) is 17.6 Å². The molecule has 3 aromatic rings. The fourth-order valence-corrected chi connectivity index (χ4v) is 3.92. The second-order valence-corrected chi connectivity index (χ2v) is 7.71. The van der Waals surface area contributed by atoms with E-state index in [4.69, 9.17) is 0 Å². The lowest BCUT2D eigenvalue weighted by molar-refractivity contribution is -0.117. The highest BCUT2D eigenvalue weighted by Gasteiger charge is 2.25. The third kappa shape index (κ3) is 4.36. The van der Waals surface area contributed by atoms with Crippen LogP contribution in [-0.4, -0.2) is 34.7 Å². The van der Waals surface area contributed by atoms with Gasteiger partial charge in [-0.1, -0.05) is 18.2 Å². The number of esters is 1. The number of methoxy groups -OCH3 is 1. The first-order chi connectivity index (χ1) is 14.9. The summed E-state index contributed by atoms with van der Waals surface area (Å²) < 4.78 is 6.44. The number of thioether (sulfide) groups is 1. The van der Waals surface area contributed by atoms with Gasteiger partial charge in [0.25, 0.3) is 11.1 Å². The maximum atomic E-state index is 12.6. The number of aromatic nitrogens is 1. The van der Waals surface area contributed by atoms with Gasteiger partial charge in [-0.15, -0.1) is 0 Å². The summed E-state index contributed by atoms with van der Waals surface area (Å²) in [5.41, 5.74) is 2.49. The highest BCUT2D eigenvalue weighted by molar-refractivity contribution is 8.18. The van der Waals surface area contributed by atoms with E-state index < -0.39 is 17.1 Å². The molecular formula is C22H17N3O5S. The standard InChI is InChI=1S/C22H17N3O5S/c1-30-21(28)13-6-8-15(9-7-13)23-19(26)12-25-11-14(16-4-2-3-5-17(16)25)10-18-20(27)24-22(29)31-18/h2-11H,12H2,1H3,(H,23,26)(H,24,27,29)/b18-10-. The zero-order chi connectivity index (χ0) is 22.0. The third-order valence-electron chi connectivity index (χ3n) is 4.65. The van der Waals surface area contributed by atoms with Crippen LogP contribution in [0.5, 0.6) is 0 Å². The lowest BCUT2D eigenvalue weighted by Crippen LogP contribution is -2.18. The van der Waals surface area contributed by atoms with Crippen molar-refractivity contribution in [3.8, 4) is 0 Å². The van der Waals surface area contributed by atoms with E-state index in [1.807, 2.05) is 24.3 Å². The van der Waals surface area contributed by atoms with Crippen molar-refractivity contribution in [2.45, 2.75) is 6.54 Å². The van der Waals surface area contributed by atoms with Crippen molar-refractivity contribution in [1.29, 1.82) is 0 Å². The molecule has 1 fully saturated rings. The molecule has 1 aromatic heterocycles. The number of anilines is 1. The zero-order valence-electron chi connectivity index (χ0n) is 16.4. The zero-order valence-corrected chi connectivity index (χ0v) is 17.2. The molecule has 1 aliphatic rings. The van der Waals surface area contributed by atoms with Crippen molar-refractivity contribution in [3.05, 3.63) is 70.8 Å². The molecule has 0 unspecified atom stereocenters. The summed E-state index contributed by atoms with van der Waals surface area (Å²) in [4.78, 5) is 47.7. The number of benzene rings is 2. The number of rotatable bonds is 5. The maximum absolute atomic E-state index is 12.6. The van der Waals surface area contributed by atoms with Crippen LogP contribution in [0.1, 0.15) is 15.9 Å². The van der Waals surface area contributed by atoms with Crippen molar-refractivity contribution in [3.63, 3.8) is 0 Å². The number of nitrogens with zero attached hydrogens (tertiary/aromatic N) is 1. The van der Waals surface area contributed by atoms with Crippen molar-refractivity contribution in [2.75, 3.05) is 12.4 Å². The Morgan fingerprint density at radius 3 is 2.55 bits per heavy atom. The molecule has 0 radical (unpaired) electrons. The smallest absolute Gasteiger partial charge is 0.337 e. The van der Waals surface area contributed by atoms with E-state index in [0.29, 0.717) is 16.2 Å². The number of fused-ring (bicyclic) bond motifs is 1. The number of ether oxygens (including phenoxy) is 1. The summed E-state index contributed by atoms with van der Waals surface area (Å²) in [7, 11) is 1.30. The van der Waals surface area contributed by atoms with E-state index in [2.05, 4.69) is 15.4 Å². The average Bonchev–Trinajstić information content (AvgIpc) is 3.27. The van der Waals surface area contributed by atoms with Crippen molar-refractivity contribution in [2.24, 2.45) is 0 Å². The topological polar surface area (TPSA) is 106 Å². The van der Waals surface area contributed by atoms with Crippen molar-refractivity contribution in [1.82, 2.24) is 9.88 Å². The van der Waals surface area contributed by atoms with Crippen LogP contribution in [0.2, 0.25) is 0 Å². The number of nitrogens with one attached hydrogen (secondary N) is 2. The number of para-hydroxylation sites is 1. The SMILES string of the molecule is COC(=O)c1ccc(NC(=O)Cn2cc(/C=C3\SC(=O)NC3=O)c3ccccc32)cc1. The third-order valence-corrected chi connectivity index (χ3v) is 5.46. The predicted octanol–water partition coefficient (Wildman–Crippen LogP) is 3.39. The van der Waals surface area contributed by atoms with Gasteiger partial charge in [-0.05, 0) is 48.2 Å². The molecule has 1 saturated heterocycles. The van der Waals surface area contributed by atoms with Crippen molar-refractivity contribution < 1.29 is 23.9 Å². The quantitative estimate of drug-likeness (QED) is 0.470. The summed E-state index contributed by atoms with van der Waals surface area (Å²) in [5.74, 6) is -1.14. The number of imide groups is 1. The Morgan fingerprint density at radius 2 is 1.87 bits per heavy atom. The first-order valence-corrected chi connectivity index (χ1v) is 10.1. The van der Waals surface area contributed by atoms with Crippen LogP contribution in [0.15, 0.2) is 59.6 Å². The molecule has 0 spiro atoms. The molecule has 2 heterocycles. The summed E-state index contributed by atoms with van der Waals surface area (Å²) in [6.07, 6.45) is 3.42. The fourth-order valence-electron chi connectivity index (χ4n) is 3.25. The molecule has 0 bridgehead atoms. The molecule has 0 atom stereocenters. The molecule has 3 amide bonds. The molecule has 2 N–H and O–H groups in total. The van der Waals surface area contributed by atoms with Gasteiger partial charge in [-0.3, -0.25) is 19.7 Å². The van der Waals surface area contributed by atoms with Gasteiger partial charge < -0.3 is 14.6 Å². The molecule has 2 aromatic carbocycles. The first kappa shape index (κ1) is 20.4. The molecule has 4 rings (SSSR count). The largest absolute Gasteiger partial charge is 0.465 e. The molecule has 0 saturated carbocycles. The normalized spacial score (nSPS) is 14.7. The molecule has 9 heteroatoms. The summed E-state index contributed by atoms with van der Waals surface area (Å²) in [6.45, 7) is 0.0424. The Bertz CT molecular complexity index is 1240. The Hall–Kier alpha value is -3.85. The van der Waals surface area contributed by atoms with Gasteiger partial charge >= 0.3 is 5.97 Å². The predicted molar refractivity (Wildman–Crippen MR) is 117 cm³/mol. The first-order valence-electron chi connectivity index (χ1n) is 9.25. The van der Waals surface area contributed by atoms with E-state index in [-0.39, 0.29) is 12.5 Å². The average molecular weight is 435 g/mol. The van der Waals surface area contributed by atoms with Crippen LogP contribution >= 0.6 is 11.8 Å². The molecule has 1 aliphatic heterocycles. The van der Waals surface area contributed by atoms with Crippen LogP contribution in [0.4, 0.5) is 10.5 Å². The van der Waals surface area contributed by atoms with Gasteiger partial charge in [0.2, 0.25) is 5.91 Å². The molecule has 31 heavy (non-hydrogen) atoms. The van der Waals surface area contributed by atoms with E-state index in [1.54, 1.807) is 41.1 Å². The maximum Gasteiger partial charge on any atom is 0.337 e. The van der Waals surface area contributed by atoms with Gasteiger partial charge in [0.1, 0.15) is 6.54 Å². The number of carbonyl (C=O) groups excluding carboxylic acids is 4. The van der Waals surface area contributed by atoms with Crippen LogP contribution in [0.25, 0.3) is 17.0 Å². The van der Waals surface area contributed by atoms with Gasteiger partial charge in [-0.25, -0.2) is 4.79 Å². The minimum absolute atomic E-state index is 0.0424. The van der Waals surface area contributed by atoms with Crippen molar-refractivity contribution >= 4 is 57.5 Å². The second kappa shape index (κ2) is 8.49. The van der Waals surface area contributed by atoms with E-state index in [1.165, 1.54) is 7.11 Å². The highest BCUT2D eigenvalue weighted by atomic mass is 32.2. The van der Waals surface area contributed by atoms with Crippen LogP contribution in [0.3, 0.4) is 0 Å². The Labute approximate surface area is 181 Å². The minimum Gasteiger partial charge on any atom is -0.465 e. The fraction of sp³-hybridized carbons (Fsp3) is 0.0909. The number of carbonyl (C=O) groups is 4. The molecular weight excluding hydrogens is 418 g/mol. The number of amides is 3. The Balaban J connectivity index is 1.55. The highest BCUT2D eigenvalue weighted by Crippen LogP contribution is 2.29. The lowest BCUT2D eigenvalue weighted by Gasteiger charge is -2.08. The van der Waals surface area contributed by atoms with Crippen LogP contribution in [-0.2, 0) is 20.9 Å². The van der Waals surface area contributed by atoms with Gasteiger partial charge in [0.15, 0.2) is 0 Å². The van der Waals surface area contributed by atoms with Crippen LogP contribution in [0, 0.1) is 0 Å². The van der Waals surface area contributed by atoms with E-state index >= 15 is 0 Å². The summed E-state index contributed by atoms with van der Waals surface area (Å²) in [5, 5.41) is 5.48. The second-order valence-electron chi connectivity index (χ2n) is 6.70. The number of hydrogen-bond acceptors (Lipinski definition) is 6. The number of hydrogen-bond donors (Lipinski definition) is 2. The molecule has 8 nitrogen and oxygen atoms in total. The summed E-state index contributed by atoms with van der Waals surface area (Å²) in [6, 6.07) is 13.9. The lowest BCUT2D eigenvalue weighted by atomic mass is 10.1. The molecule has 0 aliphatic carbocycles. The minimum atomic E-state index is -0.450. The molecule has 156 valence electrons. The monoisotopic (exact) mass is 435 g/mol. The van der Waals surface area contributed by atoms with Crippen LogP contribution < -0.4 is 10.6 Å². The summed E-state index contributed by atoms with van der Waals surface area (Å²) >= 11 is 0.847. The van der Waals surface area contributed by atoms with E-state index in [0.717, 1.165) is 28.2 Å². The Kier molecular flexibility index (Phi) is 5.59. The van der Waals surface area contributed by atoms with E-state index in [9.17, 15) is 19.2 Å².